The maximum Gasteiger partial charge on any atom is 0.225 e. The number of phenolic OH excluding ortho intramolecular Hbond substituents is 1. The Hall–Kier alpha value is -2.21. The number of carbonyl (C=O) groups is 1. The fourth-order valence-corrected chi connectivity index (χ4v) is 5.28. The van der Waals surface area contributed by atoms with Gasteiger partial charge in [0.25, 0.3) is 0 Å². The molecule has 6 heteroatoms. The molecule has 5 nitrogen and oxygen atoms in total. The molecule has 1 aliphatic heterocycles. The van der Waals surface area contributed by atoms with Crippen LogP contribution in [-0.4, -0.2) is 25.2 Å². The molecule has 2 aliphatic rings. The molecule has 25 heavy (non-hydrogen) atoms. The van der Waals surface area contributed by atoms with E-state index in [1.165, 1.54) is 43.1 Å². The molecule has 2 aromatic rings. The van der Waals surface area contributed by atoms with E-state index in [-0.39, 0.29) is 17.6 Å². The average molecular weight is 359 g/mol. The summed E-state index contributed by atoms with van der Waals surface area (Å²) in [4.78, 5) is 13.7. The number of anilines is 1. The first-order valence-electron chi connectivity index (χ1n) is 8.51. The van der Waals surface area contributed by atoms with Gasteiger partial charge < -0.3 is 19.9 Å². The van der Waals surface area contributed by atoms with Crippen LogP contribution in [0.5, 0.6) is 17.2 Å². The van der Waals surface area contributed by atoms with Crippen molar-refractivity contribution in [1.82, 2.24) is 0 Å². The highest BCUT2D eigenvalue weighted by atomic mass is 32.1. The maximum atomic E-state index is 12.3. The van der Waals surface area contributed by atoms with E-state index < -0.39 is 0 Å². The molecular formula is C19H21NO4S. The summed E-state index contributed by atoms with van der Waals surface area (Å²) in [6, 6.07) is 3.63. The molecule has 1 aromatic heterocycles. The summed E-state index contributed by atoms with van der Waals surface area (Å²) in [7, 11) is 3.04. The molecule has 0 bridgehead atoms. The summed E-state index contributed by atoms with van der Waals surface area (Å²) in [5, 5.41) is 14.2. The topological polar surface area (TPSA) is 67.8 Å². The molecular weight excluding hydrogens is 338 g/mol. The second kappa shape index (κ2) is 6.26. The third-order valence-corrected chi connectivity index (χ3v) is 6.33. The number of carbonyl (C=O) groups excluding carboxylic acids is 1. The van der Waals surface area contributed by atoms with Crippen LogP contribution in [0.3, 0.4) is 0 Å². The van der Waals surface area contributed by atoms with E-state index in [1.807, 2.05) is 12.1 Å². The normalized spacial score (nSPS) is 19.0. The molecule has 2 N–H and O–H groups in total. The third kappa shape index (κ3) is 2.65. The van der Waals surface area contributed by atoms with Crippen LogP contribution in [0.15, 0.2) is 12.1 Å². The number of aryl methyl sites for hydroxylation is 1. The SMILES string of the molecule is COc1cc([C@H]2CC(=O)Nc3sc4c(c32)CCCC4)cc(OC)c1O. The van der Waals surface area contributed by atoms with Gasteiger partial charge in [-0.25, -0.2) is 0 Å². The molecule has 2 heterocycles. The number of fused-ring (bicyclic) bond motifs is 3. The van der Waals surface area contributed by atoms with E-state index in [4.69, 9.17) is 9.47 Å². The summed E-state index contributed by atoms with van der Waals surface area (Å²) < 4.78 is 10.6. The fraction of sp³-hybridized carbons (Fsp3) is 0.421. The van der Waals surface area contributed by atoms with Crippen LogP contribution in [0.1, 0.15) is 46.7 Å². The smallest absolute Gasteiger partial charge is 0.225 e. The van der Waals surface area contributed by atoms with Gasteiger partial charge in [0.15, 0.2) is 11.5 Å². The molecule has 132 valence electrons. The van der Waals surface area contributed by atoms with Crippen molar-refractivity contribution in [2.45, 2.75) is 38.0 Å². The van der Waals surface area contributed by atoms with Crippen LogP contribution < -0.4 is 14.8 Å². The number of ether oxygens (including phenoxy) is 2. The van der Waals surface area contributed by atoms with Gasteiger partial charge in [-0.15, -0.1) is 11.3 Å². The predicted molar refractivity (Wildman–Crippen MR) is 97.3 cm³/mol. The van der Waals surface area contributed by atoms with Gasteiger partial charge in [-0.3, -0.25) is 4.79 Å². The molecule has 0 unspecified atom stereocenters. The van der Waals surface area contributed by atoms with E-state index in [2.05, 4.69) is 5.32 Å². The Kier molecular flexibility index (Phi) is 4.07. The van der Waals surface area contributed by atoms with Crippen LogP contribution >= 0.6 is 11.3 Å². The Bertz CT molecular complexity index is 817. The number of thiophene rings is 1. The van der Waals surface area contributed by atoms with Crippen molar-refractivity contribution < 1.29 is 19.4 Å². The fourth-order valence-electron chi connectivity index (χ4n) is 3.92. The van der Waals surface area contributed by atoms with Crippen molar-refractivity contribution in [2.75, 3.05) is 19.5 Å². The number of phenols is 1. The third-order valence-electron chi connectivity index (χ3n) is 5.11. The number of aromatic hydroxyl groups is 1. The number of nitrogens with one attached hydrogen (secondary N) is 1. The molecule has 0 saturated heterocycles. The zero-order valence-electron chi connectivity index (χ0n) is 14.3. The molecule has 0 radical (unpaired) electrons. The number of rotatable bonds is 3. The second-order valence-electron chi connectivity index (χ2n) is 6.53. The Morgan fingerprint density at radius 2 is 1.84 bits per heavy atom. The van der Waals surface area contributed by atoms with Crippen molar-refractivity contribution in [3.8, 4) is 17.2 Å². The summed E-state index contributed by atoms with van der Waals surface area (Å²) >= 11 is 1.72. The van der Waals surface area contributed by atoms with Gasteiger partial charge in [0.1, 0.15) is 0 Å². The molecule has 1 aromatic carbocycles. The largest absolute Gasteiger partial charge is 0.502 e. The lowest BCUT2D eigenvalue weighted by Crippen LogP contribution is -2.23. The van der Waals surface area contributed by atoms with E-state index in [0.717, 1.165) is 23.4 Å². The van der Waals surface area contributed by atoms with Crippen LogP contribution in [0, 0.1) is 0 Å². The lowest BCUT2D eigenvalue weighted by atomic mass is 9.82. The Morgan fingerprint density at radius 3 is 2.52 bits per heavy atom. The van der Waals surface area contributed by atoms with Gasteiger partial charge in [0, 0.05) is 17.2 Å². The number of methoxy groups -OCH3 is 2. The van der Waals surface area contributed by atoms with Crippen molar-refractivity contribution in [1.29, 1.82) is 0 Å². The number of hydrogen-bond donors (Lipinski definition) is 2. The van der Waals surface area contributed by atoms with Crippen LogP contribution in [-0.2, 0) is 17.6 Å². The highest BCUT2D eigenvalue weighted by Crippen LogP contribution is 2.49. The second-order valence-corrected chi connectivity index (χ2v) is 7.64. The lowest BCUT2D eigenvalue weighted by molar-refractivity contribution is -0.116. The minimum Gasteiger partial charge on any atom is -0.502 e. The summed E-state index contributed by atoms with van der Waals surface area (Å²) in [5.41, 5.74) is 3.59. The zero-order chi connectivity index (χ0) is 17.6. The standard InChI is InChI=1S/C19H21NO4S/c1-23-13-7-10(8-14(24-2)18(13)22)12-9-16(21)20-19-17(12)11-5-3-4-6-15(11)25-19/h7-8,12,22H,3-6,9H2,1-2H3,(H,20,21)/t12-/m1/s1. The molecule has 0 fully saturated rings. The Labute approximate surface area is 150 Å². The quantitative estimate of drug-likeness (QED) is 0.874. The van der Waals surface area contributed by atoms with Crippen LogP contribution in [0.25, 0.3) is 0 Å². The summed E-state index contributed by atoms with van der Waals surface area (Å²) in [6.45, 7) is 0. The van der Waals surface area contributed by atoms with E-state index >= 15 is 0 Å². The minimum atomic E-state index is -0.0368. The van der Waals surface area contributed by atoms with Crippen molar-refractivity contribution in [2.24, 2.45) is 0 Å². The monoisotopic (exact) mass is 359 g/mol. The summed E-state index contributed by atoms with van der Waals surface area (Å²) in [6.07, 6.45) is 4.97. The highest BCUT2D eigenvalue weighted by molar-refractivity contribution is 7.16. The van der Waals surface area contributed by atoms with Crippen molar-refractivity contribution in [3.63, 3.8) is 0 Å². The predicted octanol–water partition coefficient (Wildman–Crippen LogP) is 3.82. The van der Waals surface area contributed by atoms with Gasteiger partial charge in [-0.2, -0.15) is 0 Å². The molecule has 1 atom stereocenters. The molecule has 1 amide bonds. The van der Waals surface area contributed by atoms with Crippen molar-refractivity contribution >= 4 is 22.2 Å². The van der Waals surface area contributed by atoms with Gasteiger partial charge in [0.05, 0.1) is 19.2 Å². The van der Waals surface area contributed by atoms with Crippen molar-refractivity contribution in [3.05, 3.63) is 33.7 Å². The molecule has 0 spiro atoms. The molecule has 1 aliphatic carbocycles. The van der Waals surface area contributed by atoms with Gasteiger partial charge in [-0.1, -0.05) is 0 Å². The van der Waals surface area contributed by atoms with Crippen LogP contribution in [0.4, 0.5) is 5.00 Å². The highest BCUT2D eigenvalue weighted by Gasteiger charge is 2.34. The first-order chi connectivity index (χ1) is 12.1. The van der Waals surface area contributed by atoms with Gasteiger partial charge in [0.2, 0.25) is 11.7 Å². The number of hydrogen-bond acceptors (Lipinski definition) is 5. The van der Waals surface area contributed by atoms with Gasteiger partial charge in [-0.05, 0) is 54.5 Å². The van der Waals surface area contributed by atoms with Gasteiger partial charge >= 0.3 is 0 Å². The van der Waals surface area contributed by atoms with E-state index in [0.29, 0.717) is 17.9 Å². The number of amides is 1. The Morgan fingerprint density at radius 1 is 1.16 bits per heavy atom. The molecule has 0 saturated carbocycles. The zero-order valence-corrected chi connectivity index (χ0v) is 15.2. The summed E-state index contributed by atoms with van der Waals surface area (Å²) in [5.74, 6) is 0.714. The Balaban J connectivity index is 1.87. The minimum absolute atomic E-state index is 0.0124. The van der Waals surface area contributed by atoms with Crippen LogP contribution in [0.2, 0.25) is 0 Å². The number of benzene rings is 1. The molecule has 4 rings (SSSR count). The average Bonchev–Trinajstić information content (AvgIpc) is 2.99. The maximum absolute atomic E-state index is 12.3. The van der Waals surface area contributed by atoms with E-state index in [1.54, 1.807) is 11.3 Å². The first-order valence-corrected chi connectivity index (χ1v) is 9.33. The first kappa shape index (κ1) is 16.3. The van der Waals surface area contributed by atoms with E-state index in [9.17, 15) is 9.90 Å². The lowest BCUT2D eigenvalue weighted by Gasteiger charge is -2.26.